The normalized spacial score (nSPS) is 18.4. The van der Waals surface area contributed by atoms with Crippen LogP contribution in [0.25, 0.3) is 11.0 Å². The molecule has 4 aromatic rings. The van der Waals surface area contributed by atoms with Gasteiger partial charge >= 0.3 is 0 Å². The lowest BCUT2D eigenvalue weighted by Crippen LogP contribution is -2.28. The Morgan fingerprint density at radius 2 is 1.69 bits per heavy atom. The molecule has 0 aliphatic heterocycles. The van der Waals surface area contributed by atoms with E-state index in [-0.39, 0.29) is 17.9 Å². The number of hydrogen-bond acceptors (Lipinski definition) is 6. The van der Waals surface area contributed by atoms with Gasteiger partial charge in [0.1, 0.15) is 29.3 Å². The van der Waals surface area contributed by atoms with Crippen LogP contribution in [-0.4, -0.2) is 38.0 Å². The van der Waals surface area contributed by atoms with E-state index in [0.29, 0.717) is 33.7 Å². The summed E-state index contributed by atoms with van der Waals surface area (Å²) in [5.41, 5.74) is 1.70. The second kappa shape index (κ2) is 8.80. The van der Waals surface area contributed by atoms with Crippen molar-refractivity contribution in [2.24, 2.45) is 0 Å². The van der Waals surface area contributed by atoms with E-state index in [0.717, 1.165) is 31.4 Å². The number of carbonyl (C=O) groups is 1. The van der Waals surface area contributed by atoms with Crippen molar-refractivity contribution >= 4 is 22.6 Å². The molecule has 7 heteroatoms. The summed E-state index contributed by atoms with van der Waals surface area (Å²) in [6, 6.07) is 16.8. The maximum atomic E-state index is 13.3. The molecular weight excluding hydrogens is 404 g/mol. The number of rotatable bonds is 6. The minimum Gasteiger partial charge on any atom is -0.457 e. The van der Waals surface area contributed by atoms with Gasteiger partial charge < -0.3 is 20.1 Å². The highest BCUT2D eigenvalue weighted by molar-refractivity contribution is 6.18. The summed E-state index contributed by atoms with van der Waals surface area (Å²) < 4.78 is 5.82. The number of carbonyl (C=O) groups excluding carboxylic acids is 1. The van der Waals surface area contributed by atoms with Crippen molar-refractivity contribution < 1.29 is 14.6 Å². The lowest BCUT2D eigenvalue weighted by Gasteiger charge is -2.26. The summed E-state index contributed by atoms with van der Waals surface area (Å²) >= 11 is 0. The van der Waals surface area contributed by atoms with E-state index in [1.165, 1.54) is 6.33 Å². The molecule has 0 atom stereocenters. The highest BCUT2D eigenvalue weighted by Crippen LogP contribution is 2.29. The number of para-hydroxylation sites is 1. The minimum atomic E-state index is -0.225. The molecule has 7 nitrogen and oxygen atoms in total. The third kappa shape index (κ3) is 4.20. The largest absolute Gasteiger partial charge is 0.457 e. The molecular formula is C25H24N4O3. The van der Waals surface area contributed by atoms with Crippen molar-refractivity contribution in [3.63, 3.8) is 0 Å². The van der Waals surface area contributed by atoms with E-state index in [1.54, 1.807) is 30.5 Å². The summed E-state index contributed by atoms with van der Waals surface area (Å²) in [6.07, 6.45) is 6.21. The Kier molecular flexibility index (Phi) is 5.56. The van der Waals surface area contributed by atoms with Crippen molar-refractivity contribution in [2.45, 2.75) is 37.8 Å². The monoisotopic (exact) mass is 428 g/mol. The molecule has 0 spiro atoms. The molecule has 1 saturated carbocycles. The lowest BCUT2D eigenvalue weighted by atomic mass is 9.93. The molecule has 0 amide bonds. The first-order valence-electron chi connectivity index (χ1n) is 10.8. The van der Waals surface area contributed by atoms with Crippen molar-refractivity contribution in [2.75, 3.05) is 5.32 Å². The molecule has 0 saturated heterocycles. The zero-order chi connectivity index (χ0) is 21.9. The molecule has 32 heavy (non-hydrogen) atoms. The third-order valence-corrected chi connectivity index (χ3v) is 5.85. The van der Waals surface area contributed by atoms with E-state index in [1.807, 2.05) is 30.3 Å². The molecule has 5 rings (SSSR count). The Balaban J connectivity index is 1.39. The summed E-state index contributed by atoms with van der Waals surface area (Å²) in [4.78, 5) is 25.1. The summed E-state index contributed by atoms with van der Waals surface area (Å²) in [5, 5.41) is 13.9. The van der Waals surface area contributed by atoms with Gasteiger partial charge in [-0.1, -0.05) is 18.2 Å². The van der Waals surface area contributed by atoms with E-state index in [2.05, 4.69) is 20.3 Å². The highest BCUT2D eigenvalue weighted by Gasteiger charge is 2.23. The number of anilines is 1. The Morgan fingerprint density at radius 3 is 2.44 bits per heavy atom. The van der Waals surface area contributed by atoms with Gasteiger partial charge in [-0.15, -0.1) is 0 Å². The number of aliphatic hydroxyl groups excluding tert-OH is 1. The number of fused-ring (bicyclic) bond motifs is 1. The number of benzene rings is 2. The summed E-state index contributed by atoms with van der Waals surface area (Å²) in [7, 11) is 0. The first kappa shape index (κ1) is 20.2. The fraction of sp³-hybridized carbons (Fsp3) is 0.240. The average molecular weight is 428 g/mol. The van der Waals surface area contributed by atoms with Gasteiger partial charge in [0, 0.05) is 17.8 Å². The van der Waals surface area contributed by atoms with Crippen LogP contribution in [-0.2, 0) is 0 Å². The van der Waals surface area contributed by atoms with Gasteiger partial charge in [0.05, 0.1) is 17.1 Å². The fourth-order valence-electron chi connectivity index (χ4n) is 4.12. The second-order valence-electron chi connectivity index (χ2n) is 8.07. The smallest absolute Gasteiger partial charge is 0.195 e. The third-order valence-electron chi connectivity index (χ3n) is 5.85. The maximum Gasteiger partial charge on any atom is 0.195 e. The highest BCUT2D eigenvalue weighted by atomic mass is 16.5. The Hall–Kier alpha value is -3.71. The van der Waals surface area contributed by atoms with E-state index < -0.39 is 0 Å². The molecule has 2 heterocycles. The van der Waals surface area contributed by atoms with Crippen LogP contribution in [0, 0.1) is 0 Å². The van der Waals surface area contributed by atoms with E-state index >= 15 is 0 Å². The van der Waals surface area contributed by atoms with Crippen molar-refractivity contribution in [3.05, 3.63) is 78.2 Å². The molecule has 2 aromatic heterocycles. The van der Waals surface area contributed by atoms with Crippen molar-refractivity contribution in [1.82, 2.24) is 15.0 Å². The van der Waals surface area contributed by atoms with Gasteiger partial charge in [-0.05, 0) is 62.1 Å². The van der Waals surface area contributed by atoms with Gasteiger partial charge in [0.15, 0.2) is 5.78 Å². The number of aliphatic hydroxyl groups is 1. The molecule has 162 valence electrons. The molecule has 1 fully saturated rings. The SMILES string of the molecule is O=C(c1ccc(Oc2ccccc2)cc1)c1c[nH]c2ncnc(NC3CCC(O)CC3)c12. The first-order chi connectivity index (χ1) is 15.7. The molecule has 0 radical (unpaired) electrons. The Labute approximate surface area is 185 Å². The second-order valence-corrected chi connectivity index (χ2v) is 8.07. The van der Waals surface area contributed by atoms with Gasteiger partial charge in [-0.3, -0.25) is 4.79 Å². The maximum absolute atomic E-state index is 13.3. The quantitative estimate of drug-likeness (QED) is 0.385. The fourth-order valence-corrected chi connectivity index (χ4v) is 4.12. The summed E-state index contributed by atoms with van der Waals surface area (Å²) in [6.45, 7) is 0. The number of ketones is 1. The van der Waals surface area contributed by atoms with Crippen LogP contribution in [0.3, 0.4) is 0 Å². The number of nitrogens with zero attached hydrogens (tertiary/aromatic N) is 2. The number of aromatic amines is 1. The van der Waals surface area contributed by atoms with Crippen LogP contribution in [0.15, 0.2) is 67.1 Å². The lowest BCUT2D eigenvalue weighted by molar-refractivity contribution is 0.104. The average Bonchev–Trinajstić information content (AvgIpc) is 3.27. The molecule has 0 unspecified atom stereocenters. The minimum absolute atomic E-state index is 0.112. The van der Waals surface area contributed by atoms with E-state index in [9.17, 15) is 9.90 Å². The molecule has 2 aromatic carbocycles. The van der Waals surface area contributed by atoms with Gasteiger partial charge in [0.25, 0.3) is 0 Å². The zero-order valence-electron chi connectivity index (χ0n) is 17.5. The van der Waals surface area contributed by atoms with Crippen LogP contribution in [0.1, 0.15) is 41.6 Å². The molecule has 0 bridgehead atoms. The van der Waals surface area contributed by atoms with Crippen molar-refractivity contribution in [1.29, 1.82) is 0 Å². The number of aromatic nitrogens is 3. The van der Waals surface area contributed by atoms with Crippen LogP contribution in [0.2, 0.25) is 0 Å². The summed E-state index contributed by atoms with van der Waals surface area (Å²) in [5.74, 6) is 1.94. The first-order valence-corrected chi connectivity index (χ1v) is 10.8. The van der Waals surface area contributed by atoms with Crippen LogP contribution < -0.4 is 10.1 Å². The zero-order valence-corrected chi connectivity index (χ0v) is 17.5. The number of ether oxygens (including phenoxy) is 1. The number of H-pyrrole nitrogens is 1. The Morgan fingerprint density at radius 1 is 0.969 bits per heavy atom. The van der Waals surface area contributed by atoms with Gasteiger partial charge in [-0.25, -0.2) is 9.97 Å². The predicted octanol–water partition coefficient (Wildman–Crippen LogP) is 4.70. The van der Waals surface area contributed by atoms with Crippen LogP contribution in [0.4, 0.5) is 5.82 Å². The predicted molar refractivity (Wildman–Crippen MR) is 122 cm³/mol. The van der Waals surface area contributed by atoms with Crippen LogP contribution in [0.5, 0.6) is 11.5 Å². The van der Waals surface area contributed by atoms with Gasteiger partial charge in [-0.2, -0.15) is 0 Å². The van der Waals surface area contributed by atoms with Crippen molar-refractivity contribution in [3.8, 4) is 11.5 Å². The number of nitrogens with one attached hydrogen (secondary N) is 2. The topological polar surface area (TPSA) is 100 Å². The molecule has 1 aliphatic rings. The van der Waals surface area contributed by atoms with Gasteiger partial charge in [0.2, 0.25) is 0 Å². The molecule has 3 N–H and O–H groups in total. The van der Waals surface area contributed by atoms with Crippen LogP contribution >= 0.6 is 0 Å². The molecule has 1 aliphatic carbocycles. The standard InChI is InChI=1S/C25H24N4O3/c30-18-10-8-17(9-11-18)29-25-22-21(14-26-24(22)27-15-28-25)23(31)16-6-12-20(13-7-16)32-19-4-2-1-3-5-19/h1-7,12-15,17-18,30H,8-11H2,(H2,26,27,28,29). The number of hydrogen-bond donors (Lipinski definition) is 3. The Bertz CT molecular complexity index is 1210. The van der Waals surface area contributed by atoms with E-state index in [4.69, 9.17) is 4.74 Å².